The van der Waals surface area contributed by atoms with Crippen LogP contribution in [0, 0.1) is 0 Å². The van der Waals surface area contributed by atoms with Crippen molar-refractivity contribution in [1.82, 2.24) is 0 Å². The molecule has 1 nitrogen and oxygen atoms in total. The third-order valence-corrected chi connectivity index (χ3v) is 9.08. The summed E-state index contributed by atoms with van der Waals surface area (Å²) >= 11 is 0. The van der Waals surface area contributed by atoms with Crippen molar-refractivity contribution in [1.29, 1.82) is 0 Å². The molecule has 38 heavy (non-hydrogen) atoms. The Kier molecular flexibility index (Phi) is 15.2. The van der Waals surface area contributed by atoms with E-state index in [2.05, 4.69) is 91.0 Å². The van der Waals surface area contributed by atoms with E-state index < -0.39 is 9.76 Å². The summed E-state index contributed by atoms with van der Waals surface area (Å²) in [5.74, 6) is 0. The molecule has 0 unspecified atom stereocenters. The molecular weight excluding hydrogens is 476 g/mol. The van der Waals surface area contributed by atoms with Gasteiger partial charge in [-0.3, -0.25) is 0 Å². The van der Waals surface area contributed by atoms with Crippen LogP contribution < -0.4 is 0 Å². The van der Waals surface area contributed by atoms with E-state index >= 15 is 0 Å². The Balaban J connectivity index is 1.38. The highest BCUT2D eigenvalue weighted by molar-refractivity contribution is 6.25. The number of hydrogen-bond acceptors (Lipinski definition) is 1. The molecule has 0 heterocycles. The van der Waals surface area contributed by atoms with Gasteiger partial charge in [0.15, 0.2) is 9.76 Å². The first kappa shape index (κ1) is 30.4. The van der Waals surface area contributed by atoms with Crippen molar-refractivity contribution in [2.45, 2.75) is 114 Å². The summed E-state index contributed by atoms with van der Waals surface area (Å²) in [7, 11) is -0.687. The lowest BCUT2D eigenvalue weighted by Gasteiger charge is -2.36. The van der Waals surface area contributed by atoms with E-state index in [1.54, 1.807) is 0 Å². The fraction of sp³-hybridized carbons (Fsp3) is 0.500. The molecule has 206 valence electrons. The fourth-order valence-corrected chi connectivity index (χ4v) is 6.66. The number of rotatable bonds is 21. The molecule has 0 spiro atoms. The normalized spacial score (nSPS) is 11.9. The fourth-order valence-electron chi connectivity index (χ4n) is 6.08. The summed E-state index contributed by atoms with van der Waals surface area (Å²) in [5, 5.41) is 0. The molecule has 0 aliphatic carbocycles. The zero-order chi connectivity index (χ0) is 26.6. The molecule has 3 aromatic carbocycles. The standard InChI is InChI=1S/C36H52OSi/c37-38-32-24-13-11-9-7-5-3-1-2-4-6-8-10-12-23-31-36(33-25-17-14-18-26-33,34-27-19-15-20-28-34)35-29-21-16-22-30-35/h14-22,25-30,37H,1-13,23-24,31-32,38H2. The van der Waals surface area contributed by atoms with Gasteiger partial charge in [-0.25, -0.2) is 0 Å². The minimum atomic E-state index is -0.687. The van der Waals surface area contributed by atoms with Gasteiger partial charge < -0.3 is 4.80 Å². The summed E-state index contributed by atoms with van der Waals surface area (Å²) in [4.78, 5) is 8.97. The van der Waals surface area contributed by atoms with Gasteiger partial charge in [-0.2, -0.15) is 0 Å². The summed E-state index contributed by atoms with van der Waals surface area (Å²) in [6.45, 7) is 0. The quantitative estimate of drug-likeness (QED) is 0.0828. The van der Waals surface area contributed by atoms with Gasteiger partial charge >= 0.3 is 0 Å². The van der Waals surface area contributed by atoms with Crippen molar-refractivity contribution in [3.63, 3.8) is 0 Å². The molecule has 0 aliphatic rings. The topological polar surface area (TPSA) is 20.2 Å². The molecule has 1 N–H and O–H groups in total. The van der Waals surface area contributed by atoms with Crippen molar-refractivity contribution in [3.05, 3.63) is 108 Å². The number of unbranched alkanes of at least 4 members (excludes halogenated alkanes) is 14. The Bertz CT molecular complexity index is 844. The average molecular weight is 529 g/mol. The van der Waals surface area contributed by atoms with Crippen LogP contribution in [-0.2, 0) is 5.41 Å². The van der Waals surface area contributed by atoms with E-state index in [4.69, 9.17) is 4.80 Å². The third-order valence-electron chi connectivity index (χ3n) is 8.26. The van der Waals surface area contributed by atoms with E-state index in [1.165, 1.54) is 113 Å². The smallest absolute Gasteiger partial charge is 0.156 e. The Hall–Kier alpha value is -2.16. The first-order valence-electron chi connectivity index (χ1n) is 15.7. The lowest BCUT2D eigenvalue weighted by Crippen LogP contribution is -2.29. The van der Waals surface area contributed by atoms with E-state index in [9.17, 15) is 0 Å². The summed E-state index contributed by atoms with van der Waals surface area (Å²) in [6, 6.07) is 34.6. The molecule has 3 rings (SSSR count). The first-order chi connectivity index (χ1) is 18.9. The van der Waals surface area contributed by atoms with Crippen molar-refractivity contribution in [3.8, 4) is 0 Å². The zero-order valence-corrected chi connectivity index (χ0v) is 25.2. The summed E-state index contributed by atoms with van der Waals surface area (Å²) in [5.41, 5.74) is 4.12. The molecule has 0 amide bonds. The van der Waals surface area contributed by atoms with Gasteiger partial charge in [-0.1, -0.05) is 187 Å². The average Bonchev–Trinajstić information content (AvgIpc) is 2.98. The summed E-state index contributed by atoms with van der Waals surface area (Å²) < 4.78 is 0. The van der Waals surface area contributed by atoms with Gasteiger partial charge in [0.2, 0.25) is 0 Å². The maximum Gasteiger partial charge on any atom is 0.156 e. The van der Waals surface area contributed by atoms with Crippen LogP contribution in [0.5, 0.6) is 0 Å². The van der Waals surface area contributed by atoms with E-state index in [0.29, 0.717) is 0 Å². The molecule has 0 atom stereocenters. The predicted molar refractivity (Wildman–Crippen MR) is 169 cm³/mol. The molecule has 0 bridgehead atoms. The monoisotopic (exact) mass is 528 g/mol. The van der Waals surface area contributed by atoms with Crippen LogP contribution in [0.3, 0.4) is 0 Å². The molecule has 2 heteroatoms. The van der Waals surface area contributed by atoms with Crippen LogP contribution >= 0.6 is 0 Å². The Morgan fingerprint density at radius 2 is 0.684 bits per heavy atom. The van der Waals surface area contributed by atoms with Crippen LogP contribution in [0.4, 0.5) is 0 Å². The molecule has 0 aliphatic heterocycles. The molecular formula is C36H52OSi. The second kappa shape index (κ2) is 19.0. The van der Waals surface area contributed by atoms with Gasteiger partial charge in [-0.05, 0) is 29.2 Å². The van der Waals surface area contributed by atoms with Gasteiger partial charge in [0.05, 0.1) is 0 Å². The molecule has 0 radical (unpaired) electrons. The Morgan fingerprint density at radius 3 is 1.00 bits per heavy atom. The Labute approximate surface area is 236 Å². The number of benzene rings is 3. The van der Waals surface area contributed by atoms with E-state index in [-0.39, 0.29) is 5.41 Å². The van der Waals surface area contributed by atoms with Crippen LogP contribution in [0.2, 0.25) is 6.04 Å². The highest BCUT2D eigenvalue weighted by Gasteiger charge is 2.35. The predicted octanol–water partition coefficient (Wildman–Crippen LogP) is 9.76. The highest BCUT2D eigenvalue weighted by Crippen LogP contribution is 2.43. The minimum Gasteiger partial charge on any atom is -0.438 e. The molecule has 0 fully saturated rings. The van der Waals surface area contributed by atoms with Crippen LogP contribution in [0.15, 0.2) is 91.0 Å². The van der Waals surface area contributed by atoms with Crippen LogP contribution in [0.25, 0.3) is 0 Å². The first-order valence-corrected chi connectivity index (χ1v) is 17.3. The molecule has 3 aromatic rings. The van der Waals surface area contributed by atoms with Gasteiger partial charge in [-0.15, -0.1) is 0 Å². The van der Waals surface area contributed by atoms with Gasteiger partial charge in [0.25, 0.3) is 0 Å². The highest BCUT2D eigenvalue weighted by atomic mass is 28.2. The van der Waals surface area contributed by atoms with Crippen LogP contribution in [0.1, 0.15) is 119 Å². The van der Waals surface area contributed by atoms with Gasteiger partial charge in [0, 0.05) is 5.41 Å². The lowest BCUT2D eigenvalue weighted by molar-refractivity contribution is 0.491. The maximum absolute atomic E-state index is 8.97. The van der Waals surface area contributed by atoms with Crippen LogP contribution in [-0.4, -0.2) is 14.6 Å². The second-order valence-corrected chi connectivity index (χ2v) is 12.3. The molecule has 0 saturated carbocycles. The van der Waals surface area contributed by atoms with Crippen molar-refractivity contribution < 1.29 is 4.80 Å². The summed E-state index contributed by atoms with van der Waals surface area (Å²) in [6.07, 6.45) is 21.7. The molecule has 0 saturated heterocycles. The van der Waals surface area contributed by atoms with E-state index in [0.717, 1.165) is 12.5 Å². The third kappa shape index (κ3) is 10.2. The largest absolute Gasteiger partial charge is 0.438 e. The molecule has 0 aromatic heterocycles. The van der Waals surface area contributed by atoms with Crippen molar-refractivity contribution in [2.75, 3.05) is 0 Å². The number of hydrogen-bond donors (Lipinski definition) is 1. The van der Waals surface area contributed by atoms with Crippen molar-refractivity contribution >= 4 is 9.76 Å². The zero-order valence-electron chi connectivity index (χ0n) is 23.8. The lowest BCUT2D eigenvalue weighted by atomic mass is 9.66. The van der Waals surface area contributed by atoms with E-state index in [1.807, 2.05) is 0 Å². The van der Waals surface area contributed by atoms with Crippen molar-refractivity contribution in [2.24, 2.45) is 0 Å². The minimum absolute atomic E-state index is 0.0925. The van der Waals surface area contributed by atoms with Gasteiger partial charge in [0.1, 0.15) is 0 Å². The SMILES string of the molecule is O[SiH2]CCCCCCCCCCCCCCCCCC(c1ccccc1)(c1ccccc1)c1ccccc1. The second-order valence-electron chi connectivity index (χ2n) is 11.1. The maximum atomic E-state index is 8.97. The Morgan fingerprint density at radius 1 is 0.395 bits per heavy atom.